The van der Waals surface area contributed by atoms with Gasteiger partial charge in [0.2, 0.25) is 0 Å². The molecule has 1 unspecified atom stereocenters. The van der Waals surface area contributed by atoms with E-state index in [0.29, 0.717) is 13.2 Å². The lowest BCUT2D eigenvalue weighted by atomic mass is 10.1. The summed E-state index contributed by atoms with van der Waals surface area (Å²) in [4.78, 5) is 0. The molecule has 0 radical (unpaired) electrons. The molecule has 0 bridgehead atoms. The molecule has 0 aromatic heterocycles. The maximum atomic E-state index is 9.30. The Labute approximate surface area is 62.2 Å². The number of nitrogens with two attached hydrogens (primary N) is 1. The summed E-state index contributed by atoms with van der Waals surface area (Å²) in [6.45, 7) is 4.96. The van der Waals surface area contributed by atoms with Gasteiger partial charge in [-0.1, -0.05) is 6.92 Å². The minimum atomic E-state index is -0.852. The average molecular weight is 147 g/mol. The quantitative estimate of drug-likeness (QED) is 0.543. The molecule has 62 valence electrons. The molecule has 0 saturated heterocycles. The fourth-order valence-electron chi connectivity index (χ4n) is 0.495. The summed E-state index contributed by atoms with van der Waals surface area (Å²) in [5.41, 5.74) is 4.41. The van der Waals surface area contributed by atoms with Gasteiger partial charge in [0.15, 0.2) is 0 Å². The van der Waals surface area contributed by atoms with E-state index in [4.69, 9.17) is 10.5 Å². The Morgan fingerprint density at radius 3 is 2.60 bits per heavy atom. The minimum absolute atomic E-state index is 0.247. The SMILES string of the molecule is CCCOCC(C)(O)CN. The highest BCUT2D eigenvalue weighted by Gasteiger charge is 2.17. The molecule has 0 saturated carbocycles. The molecule has 0 aromatic rings. The lowest BCUT2D eigenvalue weighted by Crippen LogP contribution is -2.39. The van der Waals surface area contributed by atoms with Crippen molar-refractivity contribution in [2.24, 2.45) is 5.73 Å². The lowest BCUT2D eigenvalue weighted by molar-refractivity contribution is -0.0269. The Morgan fingerprint density at radius 1 is 1.60 bits per heavy atom. The van der Waals surface area contributed by atoms with Gasteiger partial charge in [-0.15, -0.1) is 0 Å². The zero-order valence-electron chi connectivity index (χ0n) is 6.76. The predicted molar refractivity (Wildman–Crippen MR) is 40.8 cm³/mol. The fourth-order valence-corrected chi connectivity index (χ4v) is 0.495. The van der Waals surface area contributed by atoms with Crippen molar-refractivity contribution >= 4 is 0 Å². The van der Waals surface area contributed by atoms with E-state index >= 15 is 0 Å². The lowest BCUT2D eigenvalue weighted by Gasteiger charge is -2.20. The summed E-state index contributed by atoms with van der Waals surface area (Å²) in [5.74, 6) is 0. The van der Waals surface area contributed by atoms with Crippen LogP contribution in [-0.2, 0) is 4.74 Å². The van der Waals surface area contributed by atoms with Crippen molar-refractivity contribution in [2.75, 3.05) is 19.8 Å². The van der Waals surface area contributed by atoms with Crippen molar-refractivity contribution in [2.45, 2.75) is 25.9 Å². The number of hydrogen-bond acceptors (Lipinski definition) is 3. The zero-order chi connectivity index (χ0) is 8.04. The third-order valence-electron chi connectivity index (χ3n) is 1.20. The third kappa shape index (κ3) is 4.73. The van der Waals surface area contributed by atoms with Crippen LogP contribution in [0, 0.1) is 0 Å². The number of ether oxygens (including phenoxy) is 1. The van der Waals surface area contributed by atoms with Crippen molar-refractivity contribution in [3.8, 4) is 0 Å². The Hall–Kier alpha value is -0.120. The van der Waals surface area contributed by atoms with Gasteiger partial charge < -0.3 is 15.6 Å². The molecule has 3 N–H and O–H groups in total. The van der Waals surface area contributed by atoms with Gasteiger partial charge in [0.1, 0.15) is 0 Å². The first-order valence-electron chi connectivity index (χ1n) is 3.62. The van der Waals surface area contributed by atoms with Crippen LogP contribution >= 0.6 is 0 Å². The van der Waals surface area contributed by atoms with Crippen molar-refractivity contribution in [1.29, 1.82) is 0 Å². The molecule has 0 aromatic carbocycles. The number of rotatable bonds is 5. The van der Waals surface area contributed by atoms with Crippen LogP contribution in [0.4, 0.5) is 0 Å². The fraction of sp³-hybridized carbons (Fsp3) is 1.00. The highest BCUT2D eigenvalue weighted by atomic mass is 16.5. The van der Waals surface area contributed by atoms with Crippen LogP contribution < -0.4 is 5.73 Å². The van der Waals surface area contributed by atoms with Gasteiger partial charge in [-0.25, -0.2) is 0 Å². The Kier molecular flexibility index (Phi) is 4.60. The van der Waals surface area contributed by atoms with E-state index in [0.717, 1.165) is 6.42 Å². The minimum Gasteiger partial charge on any atom is -0.386 e. The summed E-state index contributed by atoms with van der Waals surface area (Å²) in [5, 5.41) is 9.30. The van der Waals surface area contributed by atoms with Gasteiger partial charge in [0.25, 0.3) is 0 Å². The van der Waals surface area contributed by atoms with Crippen molar-refractivity contribution in [1.82, 2.24) is 0 Å². The average Bonchev–Trinajstić information content (AvgIpc) is 1.89. The Morgan fingerprint density at radius 2 is 2.20 bits per heavy atom. The van der Waals surface area contributed by atoms with Gasteiger partial charge in [-0.2, -0.15) is 0 Å². The largest absolute Gasteiger partial charge is 0.386 e. The van der Waals surface area contributed by atoms with Gasteiger partial charge >= 0.3 is 0 Å². The van der Waals surface area contributed by atoms with Crippen LogP contribution in [0.2, 0.25) is 0 Å². The van der Waals surface area contributed by atoms with Crippen LogP contribution in [0.1, 0.15) is 20.3 Å². The molecule has 0 aliphatic rings. The first-order chi connectivity index (χ1) is 4.62. The molecule has 0 spiro atoms. The van der Waals surface area contributed by atoms with E-state index in [-0.39, 0.29) is 6.54 Å². The first-order valence-corrected chi connectivity index (χ1v) is 3.62. The van der Waals surface area contributed by atoms with E-state index in [1.165, 1.54) is 0 Å². The maximum Gasteiger partial charge on any atom is 0.0973 e. The highest BCUT2D eigenvalue weighted by Crippen LogP contribution is 2.00. The van der Waals surface area contributed by atoms with Crippen molar-refractivity contribution in [3.63, 3.8) is 0 Å². The van der Waals surface area contributed by atoms with Crippen molar-refractivity contribution < 1.29 is 9.84 Å². The van der Waals surface area contributed by atoms with E-state index in [9.17, 15) is 5.11 Å². The molecule has 0 aliphatic heterocycles. The van der Waals surface area contributed by atoms with E-state index < -0.39 is 5.60 Å². The molecule has 3 nitrogen and oxygen atoms in total. The molecular weight excluding hydrogens is 130 g/mol. The van der Waals surface area contributed by atoms with E-state index in [1.54, 1.807) is 6.92 Å². The van der Waals surface area contributed by atoms with E-state index in [1.807, 2.05) is 6.92 Å². The molecule has 0 fully saturated rings. The maximum absolute atomic E-state index is 9.30. The van der Waals surface area contributed by atoms with Gasteiger partial charge in [-0.05, 0) is 13.3 Å². The van der Waals surface area contributed by atoms with Crippen LogP contribution in [0.25, 0.3) is 0 Å². The second-order valence-electron chi connectivity index (χ2n) is 2.75. The van der Waals surface area contributed by atoms with E-state index in [2.05, 4.69) is 0 Å². The van der Waals surface area contributed by atoms with Gasteiger partial charge in [0.05, 0.1) is 12.2 Å². The molecular formula is C7H17NO2. The second-order valence-corrected chi connectivity index (χ2v) is 2.75. The predicted octanol–water partition coefficient (Wildman–Crippen LogP) is 0.123. The molecule has 0 heterocycles. The first kappa shape index (κ1) is 9.88. The smallest absolute Gasteiger partial charge is 0.0973 e. The normalized spacial score (nSPS) is 16.8. The van der Waals surface area contributed by atoms with Crippen LogP contribution in [0.15, 0.2) is 0 Å². The third-order valence-corrected chi connectivity index (χ3v) is 1.20. The molecule has 0 aliphatic carbocycles. The zero-order valence-corrected chi connectivity index (χ0v) is 6.76. The summed E-state index contributed by atoms with van der Waals surface area (Å²) in [6.07, 6.45) is 0.973. The number of aliphatic hydroxyl groups is 1. The van der Waals surface area contributed by atoms with Gasteiger partial charge in [-0.3, -0.25) is 0 Å². The molecule has 3 heteroatoms. The molecule has 0 rings (SSSR count). The second kappa shape index (κ2) is 4.66. The molecule has 0 amide bonds. The molecule has 1 atom stereocenters. The molecule has 10 heavy (non-hydrogen) atoms. The highest BCUT2D eigenvalue weighted by molar-refractivity contribution is 4.71. The Balaban J connectivity index is 3.28. The summed E-state index contributed by atoms with van der Waals surface area (Å²) >= 11 is 0. The monoisotopic (exact) mass is 147 g/mol. The standard InChI is InChI=1S/C7H17NO2/c1-3-4-10-6-7(2,9)5-8/h9H,3-6,8H2,1-2H3. The summed E-state index contributed by atoms with van der Waals surface area (Å²) in [6, 6.07) is 0. The summed E-state index contributed by atoms with van der Waals surface area (Å²) < 4.78 is 5.11. The summed E-state index contributed by atoms with van der Waals surface area (Å²) in [7, 11) is 0. The number of hydrogen-bond donors (Lipinski definition) is 2. The van der Waals surface area contributed by atoms with Crippen molar-refractivity contribution in [3.05, 3.63) is 0 Å². The van der Waals surface area contributed by atoms with Crippen LogP contribution in [-0.4, -0.2) is 30.5 Å². The van der Waals surface area contributed by atoms with Crippen LogP contribution in [0.5, 0.6) is 0 Å². The Bertz CT molecular complexity index is 83.7. The van der Waals surface area contributed by atoms with Crippen LogP contribution in [0.3, 0.4) is 0 Å². The topological polar surface area (TPSA) is 55.5 Å². The van der Waals surface area contributed by atoms with Gasteiger partial charge in [0, 0.05) is 13.2 Å².